The Morgan fingerprint density at radius 3 is 2.67 bits per heavy atom. The number of nitrogens with zero attached hydrogens (tertiary/aromatic N) is 5. The second-order valence-electron chi connectivity index (χ2n) is 11.2. The Balaban J connectivity index is 1.38. The van der Waals surface area contributed by atoms with Gasteiger partial charge in [-0.3, -0.25) is 4.98 Å². The van der Waals surface area contributed by atoms with Gasteiger partial charge in [0.05, 0.1) is 27.2 Å². The maximum absolute atomic E-state index is 13.2. The van der Waals surface area contributed by atoms with Crippen molar-refractivity contribution in [3.8, 4) is 17.2 Å². The fourth-order valence-electron chi connectivity index (χ4n) is 6.12. The van der Waals surface area contributed by atoms with Crippen molar-refractivity contribution in [2.24, 2.45) is 5.41 Å². The number of alkyl halides is 3. The van der Waals surface area contributed by atoms with Crippen LogP contribution in [0, 0.1) is 16.7 Å². The number of fused-ring (bicyclic) bond motifs is 2. The molecule has 226 valence electrons. The van der Waals surface area contributed by atoms with Gasteiger partial charge in [-0.05, 0) is 69.3 Å². The molecular weight excluding hydrogens is 601 g/mol. The van der Waals surface area contributed by atoms with E-state index in [4.69, 9.17) is 11.6 Å². The second kappa shape index (κ2) is 11.4. The van der Waals surface area contributed by atoms with Gasteiger partial charge in [0, 0.05) is 57.6 Å². The molecule has 0 aliphatic carbocycles. The molecule has 1 fully saturated rings. The molecule has 0 bridgehead atoms. The summed E-state index contributed by atoms with van der Waals surface area (Å²) in [6.07, 6.45) is -0.978. The number of halogens is 4. The van der Waals surface area contributed by atoms with Crippen LogP contribution in [0.3, 0.4) is 0 Å². The van der Waals surface area contributed by atoms with Crippen molar-refractivity contribution in [1.29, 1.82) is 5.26 Å². The third kappa shape index (κ3) is 5.85. The van der Waals surface area contributed by atoms with Crippen molar-refractivity contribution in [2.45, 2.75) is 51.6 Å². The monoisotopic (exact) mass is 630 g/mol. The predicted octanol–water partition coefficient (Wildman–Crippen LogP) is 5.64. The van der Waals surface area contributed by atoms with Crippen molar-refractivity contribution in [1.82, 2.24) is 24.7 Å². The Morgan fingerprint density at radius 2 is 1.95 bits per heavy atom. The molecule has 0 radical (unpaired) electrons. The smallest absolute Gasteiger partial charge is 0.374 e. The van der Waals surface area contributed by atoms with Crippen LogP contribution in [0.4, 0.5) is 13.2 Å². The number of hydrogen-bond donors (Lipinski definition) is 3. The number of pyridine rings is 1. The lowest BCUT2D eigenvalue weighted by molar-refractivity contribution is -0.209. The van der Waals surface area contributed by atoms with Crippen LogP contribution in [0.15, 0.2) is 54.5 Å². The van der Waals surface area contributed by atoms with Crippen molar-refractivity contribution in [2.75, 3.05) is 19.6 Å². The fraction of sp³-hybridized carbons (Fsp3) is 0.400. The number of benzene rings is 1. The summed E-state index contributed by atoms with van der Waals surface area (Å²) in [6, 6.07) is 12.1. The summed E-state index contributed by atoms with van der Waals surface area (Å²) in [7, 11) is 0. The van der Waals surface area contributed by atoms with Gasteiger partial charge in [-0.1, -0.05) is 11.6 Å². The number of aliphatic hydroxyl groups excluding tert-OH is 2. The Hall–Kier alpha value is -3.18. The molecule has 2 aliphatic heterocycles. The van der Waals surface area contributed by atoms with E-state index >= 15 is 0 Å². The van der Waals surface area contributed by atoms with Crippen molar-refractivity contribution in [3.05, 3.63) is 64.4 Å². The van der Waals surface area contributed by atoms with E-state index in [1.165, 1.54) is 29.2 Å². The van der Waals surface area contributed by atoms with E-state index in [9.17, 15) is 28.6 Å². The maximum Gasteiger partial charge on any atom is 0.406 e. The van der Waals surface area contributed by atoms with Crippen molar-refractivity contribution in [3.63, 3.8) is 0 Å². The Bertz CT molecular complexity index is 1740. The summed E-state index contributed by atoms with van der Waals surface area (Å²) in [5.74, 6) is 0. The van der Waals surface area contributed by atoms with Gasteiger partial charge in [-0.2, -0.15) is 18.4 Å². The highest BCUT2D eigenvalue weighted by Gasteiger charge is 2.40. The number of hydrogen-bond acceptors (Lipinski definition) is 8. The Labute approximate surface area is 255 Å². The number of aromatic nitrogens is 2. The highest BCUT2D eigenvalue weighted by Crippen LogP contribution is 2.41. The highest BCUT2D eigenvalue weighted by atomic mass is 35.5. The van der Waals surface area contributed by atoms with Gasteiger partial charge >= 0.3 is 6.18 Å². The van der Waals surface area contributed by atoms with E-state index in [1.54, 1.807) is 6.20 Å². The van der Waals surface area contributed by atoms with Crippen LogP contribution < -0.4 is 5.32 Å². The van der Waals surface area contributed by atoms with E-state index in [2.05, 4.69) is 20.9 Å². The lowest BCUT2D eigenvalue weighted by Gasteiger charge is -2.43. The molecule has 13 heteroatoms. The molecule has 0 saturated carbocycles. The molecule has 4 aromatic rings. The average molecular weight is 631 g/mol. The van der Waals surface area contributed by atoms with Crippen LogP contribution in [0.2, 0.25) is 5.02 Å². The molecule has 6 rings (SSSR count). The topological polar surface area (TPSA) is 101 Å². The van der Waals surface area contributed by atoms with E-state index in [-0.39, 0.29) is 12.2 Å². The standard InChI is InChI=1S/C30H30ClF3N6O2S/c1-18-10-25(41)39(28(42)40(18)17-30(32,33)34)14-21-13-24-27(43-21)22(2-6-37-24)23-12-20(31)11-19-3-9-38(26(19)23)16-29(15-35)4-7-36-8-5-29/h2-3,6,9-13,25,28,36,41-42H,4-5,7-8,14,16-17H2,1H3. The Morgan fingerprint density at radius 1 is 1.19 bits per heavy atom. The SMILES string of the molecule is CC1=CC(O)N(Cc2cc3nccc(-c4cc(Cl)cc5ccn(CC6(C#N)CCNCC6)c45)c3s2)C(O)N1CC(F)(F)F. The number of rotatable bonds is 6. The van der Waals surface area contributed by atoms with E-state index in [0.29, 0.717) is 22.0 Å². The number of nitriles is 1. The van der Waals surface area contributed by atoms with E-state index in [0.717, 1.165) is 57.6 Å². The summed E-state index contributed by atoms with van der Waals surface area (Å²) < 4.78 is 42.6. The van der Waals surface area contributed by atoms with Gasteiger partial charge in [0.2, 0.25) is 0 Å². The first-order chi connectivity index (χ1) is 20.5. The molecule has 5 heterocycles. The number of allylic oxidation sites excluding steroid dienone is 1. The number of thiophene rings is 1. The van der Waals surface area contributed by atoms with Crippen LogP contribution in [-0.4, -0.2) is 68.0 Å². The molecule has 2 atom stereocenters. The molecule has 3 aromatic heterocycles. The first-order valence-corrected chi connectivity index (χ1v) is 15.1. The number of nitrogens with one attached hydrogen (secondary N) is 1. The molecule has 0 spiro atoms. The largest absolute Gasteiger partial charge is 0.406 e. The molecule has 2 aliphatic rings. The fourth-order valence-corrected chi connectivity index (χ4v) is 7.50. The maximum atomic E-state index is 13.2. The highest BCUT2D eigenvalue weighted by molar-refractivity contribution is 7.19. The van der Waals surface area contributed by atoms with Crippen LogP contribution in [0.1, 0.15) is 24.6 Å². The van der Waals surface area contributed by atoms with Crippen LogP contribution in [0.25, 0.3) is 32.2 Å². The first-order valence-electron chi connectivity index (χ1n) is 13.9. The van der Waals surface area contributed by atoms with Gasteiger partial charge in [-0.25, -0.2) is 4.90 Å². The van der Waals surface area contributed by atoms with Crippen LogP contribution in [0.5, 0.6) is 0 Å². The summed E-state index contributed by atoms with van der Waals surface area (Å²) in [6.45, 7) is 2.21. The van der Waals surface area contributed by atoms with Crippen molar-refractivity contribution < 1.29 is 23.4 Å². The summed E-state index contributed by atoms with van der Waals surface area (Å²) >= 11 is 7.98. The van der Waals surface area contributed by atoms with Gasteiger partial charge in [-0.15, -0.1) is 11.3 Å². The molecule has 3 N–H and O–H groups in total. The zero-order valence-electron chi connectivity index (χ0n) is 23.3. The molecule has 2 unspecified atom stereocenters. The Kier molecular flexibility index (Phi) is 7.91. The normalized spacial score (nSPS) is 21.3. The zero-order valence-corrected chi connectivity index (χ0v) is 24.8. The van der Waals surface area contributed by atoms with Gasteiger partial charge in [0.25, 0.3) is 0 Å². The minimum atomic E-state index is -4.53. The van der Waals surface area contributed by atoms with Crippen LogP contribution >= 0.6 is 22.9 Å². The summed E-state index contributed by atoms with van der Waals surface area (Å²) in [5.41, 5.74) is 3.04. The molecule has 43 heavy (non-hydrogen) atoms. The summed E-state index contributed by atoms with van der Waals surface area (Å²) in [4.78, 5) is 7.26. The third-order valence-electron chi connectivity index (χ3n) is 8.30. The quantitative estimate of drug-likeness (QED) is 0.253. The van der Waals surface area contributed by atoms with E-state index < -0.39 is 30.7 Å². The molecule has 8 nitrogen and oxygen atoms in total. The second-order valence-corrected chi connectivity index (χ2v) is 12.8. The minimum Gasteiger partial charge on any atom is -0.374 e. The van der Waals surface area contributed by atoms with Gasteiger partial charge in [0.1, 0.15) is 12.8 Å². The molecule has 1 saturated heterocycles. The molecule has 1 aromatic carbocycles. The van der Waals surface area contributed by atoms with Gasteiger partial charge in [0.15, 0.2) is 6.35 Å². The lowest BCUT2D eigenvalue weighted by atomic mass is 9.80. The van der Waals surface area contributed by atoms with E-state index in [1.807, 2.05) is 36.5 Å². The summed E-state index contributed by atoms with van der Waals surface area (Å²) in [5, 5.41) is 36.4. The molecule has 0 amide bonds. The number of aliphatic hydroxyl groups is 2. The van der Waals surface area contributed by atoms with Gasteiger partial charge < -0.3 is 25.0 Å². The average Bonchev–Trinajstić information content (AvgIpc) is 3.56. The van der Waals surface area contributed by atoms with Crippen LogP contribution in [-0.2, 0) is 13.1 Å². The zero-order chi connectivity index (χ0) is 30.5. The third-order valence-corrected chi connectivity index (χ3v) is 9.66. The first kappa shape index (κ1) is 29.9. The minimum absolute atomic E-state index is 0.000988. The van der Waals surface area contributed by atoms with Crippen molar-refractivity contribution >= 4 is 44.1 Å². The lowest BCUT2D eigenvalue weighted by Crippen LogP contribution is -2.56. The predicted molar refractivity (Wildman–Crippen MR) is 160 cm³/mol. The number of piperidine rings is 1. The molecular formula is C30H30ClF3N6O2S.